The van der Waals surface area contributed by atoms with Crippen molar-refractivity contribution < 1.29 is 91.6 Å². The van der Waals surface area contributed by atoms with Gasteiger partial charge in [0.1, 0.15) is 0 Å². The smallest absolute Gasteiger partial charge is 0.870 e. The van der Waals surface area contributed by atoms with Crippen LogP contribution in [0.5, 0.6) is 0 Å². The number of fused-ring (bicyclic) bond motifs is 4. The number of rotatable bonds is 25. The molecule has 0 saturated carbocycles. The first kappa shape index (κ1) is 101. The number of aliphatic hydroxyl groups excluding tert-OH is 1. The molecule has 0 bridgehead atoms. The third-order valence-electron chi connectivity index (χ3n) is 20.2. The average Bonchev–Trinajstić information content (AvgIpc) is 1.66. The number of nitrogens with zero attached hydrogens (tertiary/aromatic N) is 16. The fourth-order valence-corrected chi connectivity index (χ4v) is 15.3. The Bertz CT molecular complexity index is 4620. The Morgan fingerprint density at radius 3 is 1.13 bits per heavy atom. The van der Waals surface area contributed by atoms with Crippen molar-refractivity contribution in [2.24, 2.45) is 0 Å². The van der Waals surface area contributed by atoms with Crippen LogP contribution in [0.25, 0.3) is 44.1 Å². The summed E-state index contributed by atoms with van der Waals surface area (Å²) in [6.07, 6.45) is 14.6. The van der Waals surface area contributed by atoms with Crippen LogP contribution in [0.4, 0.5) is 5.69 Å². The van der Waals surface area contributed by atoms with E-state index in [0.717, 1.165) is 239 Å². The van der Waals surface area contributed by atoms with Gasteiger partial charge in [-0.3, -0.25) is 34.4 Å². The number of halogens is 5. The normalized spacial score (nSPS) is 15.9. The van der Waals surface area contributed by atoms with Crippen molar-refractivity contribution in [1.82, 2.24) is 84.0 Å². The number of carbonyl (C=O) groups is 4. The van der Waals surface area contributed by atoms with Crippen LogP contribution in [-0.2, 0) is 57.5 Å². The molecule has 0 spiro atoms. The number of nitrogens with one attached hydrogen (secondary N) is 2. The van der Waals surface area contributed by atoms with E-state index >= 15 is 0 Å². The summed E-state index contributed by atoms with van der Waals surface area (Å²) in [6, 6.07) is 6.90. The summed E-state index contributed by atoms with van der Waals surface area (Å²) < 4.78 is 46.9. The number of aromatic amines is 1. The molecule has 0 unspecified atom stereocenters. The number of amides is 1. The molecule has 39 heteroatoms. The summed E-state index contributed by atoms with van der Waals surface area (Å²) in [4.78, 5) is 76.6. The second kappa shape index (κ2) is 54.1. The van der Waals surface area contributed by atoms with Gasteiger partial charge in [0.2, 0.25) is 0 Å². The van der Waals surface area contributed by atoms with E-state index in [-0.39, 0.29) is 52.0 Å². The number of hydrogen-bond acceptors (Lipinski definition) is 27. The van der Waals surface area contributed by atoms with Gasteiger partial charge in [-0.2, -0.15) is 20.4 Å². The Kier molecular flexibility index (Phi) is 45.2. The van der Waals surface area contributed by atoms with E-state index in [1.54, 1.807) is 38.1 Å². The number of carboxylic acids is 1. The molecule has 14 heterocycles. The molecule has 15 rings (SSSR count). The van der Waals surface area contributed by atoms with E-state index in [1.165, 1.54) is 57.0 Å². The molecule has 6 saturated heterocycles. The van der Waals surface area contributed by atoms with Crippen LogP contribution in [0, 0.1) is 27.7 Å². The molecule has 0 radical (unpaired) electrons. The monoisotopic (exact) mass is 1770 g/mol. The molecule has 5 N–H and O–H groups in total. The van der Waals surface area contributed by atoms with Crippen molar-refractivity contribution in [3.05, 3.63) is 119 Å². The number of anilines is 1. The van der Waals surface area contributed by atoms with Crippen LogP contribution in [0.15, 0.2) is 49.1 Å². The van der Waals surface area contributed by atoms with E-state index in [2.05, 4.69) is 82.2 Å². The number of pyridine rings is 4. The standard InChI is InChI=1S/C21H23Cl2N5O2.C17H23ClN4O3.C15H19ClN4O3.C10H10ClN3O2.C8H17NO.C7H15NO2.C4H8O.Li.H2O/c1-14-18-19(23)17(21(29)25-16-5-3-15(22)4-6-16)13-24-20(18)28(26-14)8-2-7-27-9-11-30-12-10-27;1-3-25-17(23)13-11-19-16-14(15(13)18)12(2)20-22(16)6-4-5-21-7-9-24-10-8-21;1-10-12-13(16)11(15(21)22)9-17-14(12)20(18-10)4-2-3-19-5-7-23-8-6-19;1-3-16-10(15)6-4-12-9-7(8(6)11)5(2)13-14-9;1-2-3-4-9-5-7-10-8-6-9;9-5-1-2-8-3-6-10-7-4-8;1-2-4-5-3-1;;/h3-6,13H,2,7-12H2,1H3,(H,25,29);11H,3-10H2,1-2H3;9H,2-8H2,1H3,(H,21,22);4H,3H2,1-2H3,(H,12,13,14);2-8H2,1H3;9H,1-7H2;1-4H2;;1H2/q;;;;;;;+1;/p-1. The van der Waals surface area contributed by atoms with Gasteiger partial charge >= 0.3 is 36.8 Å². The second-order valence-corrected chi connectivity index (χ2v) is 30.7. The van der Waals surface area contributed by atoms with Crippen molar-refractivity contribution in [3.8, 4) is 0 Å². The molecule has 6 fully saturated rings. The predicted molar refractivity (Wildman–Crippen MR) is 462 cm³/mol. The summed E-state index contributed by atoms with van der Waals surface area (Å²) in [5.74, 6) is -2.33. The molecule has 1 aromatic carbocycles. The number of aromatic nitrogens is 12. The van der Waals surface area contributed by atoms with Crippen molar-refractivity contribution in [3.63, 3.8) is 0 Å². The number of hydrogen-bond donors (Lipinski definition) is 4. The maximum atomic E-state index is 12.7. The molecule has 0 atom stereocenters. The Labute approximate surface area is 743 Å². The number of esters is 2. The molecule has 0 aliphatic carbocycles. The number of benzene rings is 1. The molecule has 8 aromatic heterocycles. The summed E-state index contributed by atoms with van der Waals surface area (Å²) >= 11 is 31.3. The minimum Gasteiger partial charge on any atom is -0.870 e. The minimum atomic E-state index is -1.08. The third-order valence-corrected chi connectivity index (χ3v) is 22.0. The number of unbranched alkanes of at least 4 members (excludes halogenated alkanes) is 1. The first-order valence-corrected chi connectivity index (χ1v) is 43.0. The van der Waals surface area contributed by atoms with Gasteiger partial charge in [-0.15, -0.1) is 0 Å². The largest absolute Gasteiger partial charge is 1.00 e. The first-order valence-electron chi connectivity index (χ1n) is 41.1. The van der Waals surface area contributed by atoms with Crippen molar-refractivity contribution in [1.29, 1.82) is 0 Å². The number of morpholine rings is 5. The average molecular weight is 1780 g/mol. The molecular weight excluding hydrogens is 1660 g/mol. The SMILES string of the molecule is C1CCOC1.CCCCN1CCOCC1.CCOC(=O)c1cnc2c(c(C)nn2CCCN2CCOCC2)c1Cl.CCOC(=O)c1cnc2n[nH]c(C)c2c1Cl.Cc1nn(CCCN2CCOCC2)c2ncc(C(=O)Nc3ccc(Cl)cc3)c(Cl)c12.Cc1nn(CCCN2CCOCC2)c2ncc(C(=O)O)c(Cl)c12.OCCCN1CCOCC1.[Li+].[OH-]. The molecule has 1 amide bonds. The van der Waals surface area contributed by atoms with Crippen LogP contribution < -0.4 is 24.2 Å². The number of aryl methyl sites for hydroxylation is 7. The van der Waals surface area contributed by atoms with Gasteiger partial charge in [0.15, 0.2) is 22.6 Å². The van der Waals surface area contributed by atoms with Crippen LogP contribution in [0.1, 0.15) is 136 Å². The van der Waals surface area contributed by atoms with Gasteiger partial charge < -0.3 is 58.9 Å². The third kappa shape index (κ3) is 30.7. The fourth-order valence-electron chi connectivity index (χ4n) is 13.8. The van der Waals surface area contributed by atoms with Gasteiger partial charge in [-0.1, -0.05) is 71.3 Å². The van der Waals surface area contributed by atoms with Crippen LogP contribution in [0.2, 0.25) is 25.1 Å². The molecular formula is C82H116Cl5LiN18O15. The Morgan fingerprint density at radius 2 is 0.777 bits per heavy atom. The molecule has 660 valence electrons. The number of carboxylic acid groups (broad SMARTS) is 1. The predicted octanol–water partition coefficient (Wildman–Crippen LogP) is 8.67. The zero-order valence-corrected chi connectivity index (χ0v) is 74.7. The van der Waals surface area contributed by atoms with Crippen molar-refractivity contribution in [2.75, 3.05) is 203 Å². The summed E-state index contributed by atoms with van der Waals surface area (Å²) in [7, 11) is 0. The summed E-state index contributed by atoms with van der Waals surface area (Å²) in [5.41, 5.74) is 7.05. The van der Waals surface area contributed by atoms with E-state index in [0.29, 0.717) is 95.6 Å². The first-order chi connectivity index (χ1) is 57.7. The number of ether oxygens (including phenoxy) is 8. The zero-order valence-electron chi connectivity index (χ0n) is 70.9. The Morgan fingerprint density at radius 1 is 0.446 bits per heavy atom. The Hall–Kier alpha value is -6.89. The van der Waals surface area contributed by atoms with E-state index < -0.39 is 17.9 Å². The molecule has 6 aliphatic rings. The fraction of sp³-hybridized carbons (Fsp3) is 0.585. The zero-order chi connectivity index (χ0) is 85.0. The number of aromatic carboxylic acids is 1. The van der Waals surface area contributed by atoms with Crippen molar-refractivity contribution in [2.45, 2.75) is 119 Å². The van der Waals surface area contributed by atoms with Gasteiger partial charge in [-0.05, 0) is 117 Å². The number of aliphatic hydroxyl groups is 1. The summed E-state index contributed by atoms with van der Waals surface area (Å²) in [5, 5.41) is 45.4. The molecule has 6 aliphatic heterocycles. The molecule has 33 nitrogen and oxygen atoms in total. The quantitative estimate of drug-likeness (QED) is 0.0307. The maximum Gasteiger partial charge on any atom is 1.00 e. The number of carbonyl (C=O) groups excluding carboxylic acids is 3. The van der Waals surface area contributed by atoms with Gasteiger partial charge in [0.05, 0.1) is 160 Å². The topological polar surface area (TPSA) is 375 Å². The maximum absolute atomic E-state index is 12.7. The van der Waals surface area contributed by atoms with Gasteiger partial charge in [0.25, 0.3) is 5.91 Å². The van der Waals surface area contributed by atoms with E-state index in [9.17, 15) is 19.2 Å². The van der Waals surface area contributed by atoms with E-state index in [4.69, 9.17) is 106 Å². The van der Waals surface area contributed by atoms with Crippen LogP contribution in [-0.4, -0.2) is 321 Å². The summed E-state index contributed by atoms with van der Waals surface area (Å²) in [6.45, 7) is 42.0. The minimum absolute atomic E-state index is 0. The van der Waals surface area contributed by atoms with E-state index in [1.807, 2.05) is 41.7 Å². The molecule has 9 aromatic rings. The number of H-pyrrole nitrogens is 1. The second-order valence-electron chi connectivity index (χ2n) is 28.8. The van der Waals surface area contributed by atoms with Gasteiger partial charge in [0, 0.05) is 172 Å². The van der Waals surface area contributed by atoms with Gasteiger partial charge in [-0.25, -0.2) is 48.4 Å². The Balaban J connectivity index is 0.000000204. The van der Waals surface area contributed by atoms with Crippen molar-refractivity contribution >= 4 is 132 Å². The van der Waals surface area contributed by atoms with Crippen LogP contribution in [0.3, 0.4) is 0 Å². The molecule has 121 heavy (non-hydrogen) atoms. The van der Waals surface area contributed by atoms with Crippen LogP contribution >= 0.6 is 58.0 Å².